The molecule has 3 aliphatic rings. The molecular weight excluding hydrogens is 708 g/mol. The topological polar surface area (TPSA) is 116 Å². The minimum Gasteiger partial charge on any atom is -0.405 e. The van der Waals surface area contributed by atoms with Gasteiger partial charge in [-0.2, -0.15) is 0 Å². The molecule has 11 nitrogen and oxygen atoms in total. The van der Waals surface area contributed by atoms with Crippen molar-refractivity contribution >= 4 is 29.1 Å². The van der Waals surface area contributed by atoms with Crippen LogP contribution in [0, 0.1) is 25.6 Å². The van der Waals surface area contributed by atoms with Crippen LogP contribution in [-0.4, -0.2) is 83.8 Å². The summed E-state index contributed by atoms with van der Waals surface area (Å²) in [5, 5.41) is 5.28. The third-order valence-electron chi connectivity index (χ3n) is 11.1. The number of carbonyl (C=O) groups excluding carboxylic acids is 3. The van der Waals surface area contributed by atoms with Crippen molar-refractivity contribution < 1.29 is 36.7 Å². The summed E-state index contributed by atoms with van der Waals surface area (Å²) in [5.41, 5.74) is 3.47. The Kier molecular flexibility index (Phi) is 11.4. The fraction of sp³-hybridized carbons (Fsp3) is 0.487. The monoisotopic (exact) mass is 754 g/mol. The van der Waals surface area contributed by atoms with Gasteiger partial charge in [0, 0.05) is 93.8 Å². The molecule has 3 fully saturated rings. The minimum atomic E-state index is -4.89. The number of piperidine rings is 3. The second kappa shape index (κ2) is 15.8. The van der Waals surface area contributed by atoms with E-state index in [1.54, 1.807) is 63.3 Å². The summed E-state index contributed by atoms with van der Waals surface area (Å²) in [6.07, 6.45) is -0.264. The number of carbonyl (C=O) groups is 3. The van der Waals surface area contributed by atoms with E-state index in [9.17, 15) is 32.3 Å². The van der Waals surface area contributed by atoms with Crippen LogP contribution >= 0.6 is 0 Å². The fourth-order valence-corrected chi connectivity index (χ4v) is 7.77. The third kappa shape index (κ3) is 8.72. The number of amides is 3. The van der Waals surface area contributed by atoms with E-state index in [4.69, 9.17) is 0 Å². The van der Waals surface area contributed by atoms with Crippen LogP contribution in [0.15, 0.2) is 47.4 Å². The number of benzene rings is 2. The number of nitrogens with one attached hydrogen (secondary N) is 2. The Morgan fingerprint density at radius 3 is 2.31 bits per heavy atom. The zero-order chi connectivity index (χ0) is 38.9. The summed E-state index contributed by atoms with van der Waals surface area (Å²) in [5.74, 6) is -1.65. The maximum absolute atomic E-state index is 15.2. The molecule has 2 N–H and O–H groups in total. The second-order valence-electron chi connectivity index (χ2n) is 14.6. The molecule has 6 rings (SSSR count). The Labute approximate surface area is 311 Å². The summed E-state index contributed by atoms with van der Waals surface area (Å²) in [6, 6.07) is 8.85. The van der Waals surface area contributed by atoms with Gasteiger partial charge in [0.2, 0.25) is 17.7 Å². The van der Waals surface area contributed by atoms with E-state index in [1.807, 2.05) is 4.90 Å². The lowest BCUT2D eigenvalue weighted by Crippen LogP contribution is -2.49. The molecule has 1 atom stereocenters. The first kappa shape index (κ1) is 38.8. The lowest BCUT2D eigenvalue weighted by atomic mass is 9.93. The summed E-state index contributed by atoms with van der Waals surface area (Å²) in [4.78, 5) is 55.2. The molecule has 3 aliphatic heterocycles. The highest BCUT2D eigenvalue weighted by Gasteiger charge is 2.35. The van der Waals surface area contributed by atoms with E-state index >= 15 is 4.39 Å². The van der Waals surface area contributed by atoms with Crippen molar-refractivity contribution in [3.8, 4) is 16.9 Å². The molecule has 15 heteroatoms. The SMILES string of the molecule is Cc1c(-c2ccc(CN3CCC(N(C)C(=O)C4CCN(c5ccc(NC6CCC(=O)NC6=O)cc5F)CC4)CC3)c(OC(F)(F)F)c2)cn(C)c(=O)c1C. The quantitative estimate of drug-likeness (QED) is 0.225. The molecule has 290 valence electrons. The predicted octanol–water partition coefficient (Wildman–Crippen LogP) is 5.26. The second-order valence-corrected chi connectivity index (χ2v) is 14.6. The molecular formula is C39H46F4N6O5. The summed E-state index contributed by atoms with van der Waals surface area (Å²) >= 11 is 0. The molecule has 0 radical (unpaired) electrons. The maximum Gasteiger partial charge on any atom is 0.573 e. The van der Waals surface area contributed by atoms with Gasteiger partial charge < -0.3 is 24.4 Å². The highest BCUT2D eigenvalue weighted by molar-refractivity contribution is 6.01. The number of nitrogens with zero attached hydrogens (tertiary/aromatic N) is 4. The zero-order valence-corrected chi connectivity index (χ0v) is 30.9. The van der Waals surface area contributed by atoms with Crippen LogP contribution in [0.3, 0.4) is 0 Å². The molecule has 3 aromatic rings. The standard InChI is InChI=1S/C39H46F4N6O5/c1-23-24(2)37(52)46(3)22-30(23)26-5-6-27(34(19-26)54-39(41,42)43)21-48-15-13-29(14-16-48)47(4)38(53)25-11-17-49(18-12-25)33-9-7-28(20-31(33)40)44-32-8-10-35(50)45-36(32)51/h5-7,9,19-20,22,25,29,32,44H,8,10-18,21H2,1-4H3,(H,45,50,51). The third-order valence-corrected chi connectivity index (χ3v) is 11.1. The molecule has 0 spiro atoms. The highest BCUT2D eigenvalue weighted by Crippen LogP contribution is 2.35. The number of anilines is 2. The van der Waals surface area contributed by atoms with Crippen LogP contribution in [0.5, 0.6) is 5.75 Å². The molecule has 0 aliphatic carbocycles. The smallest absolute Gasteiger partial charge is 0.405 e. The maximum atomic E-state index is 15.2. The number of likely N-dealkylation sites (tertiary alicyclic amines) is 1. The molecule has 3 amide bonds. The van der Waals surface area contributed by atoms with E-state index in [0.717, 1.165) is 0 Å². The number of hydrogen-bond acceptors (Lipinski definition) is 8. The van der Waals surface area contributed by atoms with Crippen LogP contribution in [-0.2, 0) is 28.0 Å². The molecule has 54 heavy (non-hydrogen) atoms. The Bertz CT molecular complexity index is 1970. The number of aryl methyl sites for hydroxylation is 1. The Morgan fingerprint density at radius 1 is 0.963 bits per heavy atom. The molecule has 0 bridgehead atoms. The van der Waals surface area contributed by atoms with Crippen molar-refractivity contribution in [2.45, 2.75) is 77.4 Å². The molecule has 2 aromatic carbocycles. The number of aromatic nitrogens is 1. The van der Waals surface area contributed by atoms with E-state index in [0.29, 0.717) is 97.5 Å². The van der Waals surface area contributed by atoms with Crippen LogP contribution in [0.25, 0.3) is 11.1 Å². The van der Waals surface area contributed by atoms with Crippen molar-refractivity contribution in [2.24, 2.45) is 13.0 Å². The molecule has 3 saturated heterocycles. The van der Waals surface area contributed by atoms with E-state index in [-0.39, 0.29) is 48.0 Å². The van der Waals surface area contributed by atoms with E-state index in [2.05, 4.69) is 20.3 Å². The van der Waals surface area contributed by atoms with Gasteiger partial charge in [-0.05, 0) is 81.3 Å². The number of alkyl halides is 3. The van der Waals surface area contributed by atoms with Crippen LogP contribution < -0.4 is 25.8 Å². The van der Waals surface area contributed by atoms with Gasteiger partial charge in [0.25, 0.3) is 5.56 Å². The van der Waals surface area contributed by atoms with Gasteiger partial charge >= 0.3 is 6.36 Å². The minimum absolute atomic E-state index is 0.0159. The number of pyridine rings is 1. The summed E-state index contributed by atoms with van der Waals surface area (Å²) < 4.78 is 61.7. The van der Waals surface area contributed by atoms with E-state index < -0.39 is 24.1 Å². The van der Waals surface area contributed by atoms with Crippen LogP contribution in [0.4, 0.5) is 28.9 Å². The van der Waals surface area contributed by atoms with Gasteiger partial charge in [-0.15, -0.1) is 13.2 Å². The van der Waals surface area contributed by atoms with Gasteiger partial charge in [0.1, 0.15) is 17.6 Å². The Hall–Kier alpha value is -4.92. The molecule has 0 saturated carbocycles. The average molecular weight is 755 g/mol. The number of imide groups is 1. The van der Waals surface area contributed by atoms with Gasteiger partial charge in [-0.3, -0.25) is 29.4 Å². The largest absolute Gasteiger partial charge is 0.573 e. The molecule has 1 aromatic heterocycles. The van der Waals surface area contributed by atoms with Gasteiger partial charge in [0.05, 0.1) is 5.69 Å². The molecule has 1 unspecified atom stereocenters. The average Bonchev–Trinajstić information content (AvgIpc) is 3.13. The van der Waals surface area contributed by atoms with Crippen molar-refractivity contribution in [3.05, 3.63) is 75.5 Å². The van der Waals surface area contributed by atoms with E-state index in [1.165, 1.54) is 16.7 Å². The van der Waals surface area contributed by atoms with Gasteiger partial charge in [0.15, 0.2) is 0 Å². The van der Waals surface area contributed by atoms with Gasteiger partial charge in [-0.1, -0.05) is 12.1 Å². The predicted molar refractivity (Wildman–Crippen MR) is 195 cm³/mol. The molecule has 4 heterocycles. The lowest BCUT2D eigenvalue weighted by Gasteiger charge is -2.40. The number of halogens is 4. The first-order chi connectivity index (χ1) is 25.6. The fourth-order valence-electron chi connectivity index (χ4n) is 7.77. The van der Waals surface area contributed by atoms with Crippen LogP contribution in [0.2, 0.25) is 0 Å². The highest BCUT2D eigenvalue weighted by atomic mass is 19.4. The van der Waals surface area contributed by atoms with Crippen molar-refractivity contribution in [3.63, 3.8) is 0 Å². The first-order valence-electron chi connectivity index (χ1n) is 18.3. The summed E-state index contributed by atoms with van der Waals surface area (Å²) in [6.45, 7) is 5.88. The number of rotatable bonds is 9. The number of hydrogen-bond donors (Lipinski definition) is 2. The first-order valence-corrected chi connectivity index (χ1v) is 18.3. The van der Waals surface area contributed by atoms with Gasteiger partial charge in [-0.25, -0.2) is 4.39 Å². The zero-order valence-electron chi connectivity index (χ0n) is 30.9. The van der Waals surface area contributed by atoms with Crippen molar-refractivity contribution in [2.75, 3.05) is 43.4 Å². The van der Waals surface area contributed by atoms with Crippen molar-refractivity contribution in [1.29, 1.82) is 0 Å². The lowest BCUT2D eigenvalue weighted by molar-refractivity contribution is -0.275. The number of ether oxygens (including phenoxy) is 1. The van der Waals surface area contributed by atoms with Crippen molar-refractivity contribution in [1.82, 2.24) is 19.7 Å². The normalized spacial score (nSPS) is 19.1. The Balaban J connectivity index is 1.02. The summed E-state index contributed by atoms with van der Waals surface area (Å²) in [7, 11) is 3.41. The Morgan fingerprint density at radius 2 is 1.67 bits per heavy atom. The van der Waals surface area contributed by atoms with Crippen LogP contribution in [0.1, 0.15) is 55.2 Å².